The van der Waals surface area contributed by atoms with Crippen LogP contribution in [0.5, 0.6) is 11.5 Å². The standard InChI is InChI=1S/C21H26O5/c1-7-20(3,4)15-9-13-8-14-10-18(21(5,6)26-12(2)22)24-16(14)11-17(13)25-19(15)23/h7-9,11,18-19,23H,1,10H2,2-6H3. The molecule has 2 heterocycles. The van der Waals surface area contributed by atoms with Crippen molar-refractivity contribution in [2.75, 3.05) is 0 Å². The van der Waals surface area contributed by atoms with Gasteiger partial charge in [-0.3, -0.25) is 4.79 Å². The normalized spacial score (nSPS) is 21.7. The molecule has 0 bridgehead atoms. The highest BCUT2D eigenvalue weighted by Crippen LogP contribution is 2.44. The first kappa shape index (κ1) is 18.5. The molecule has 2 unspecified atom stereocenters. The van der Waals surface area contributed by atoms with E-state index in [4.69, 9.17) is 14.2 Å². The first-order valence-corrected chi connectivity index (χ1v) is 8.77. The number of hydrogen-bond donors (Lipinski definition) is 1. The molecule has 1 N–H and O–H groups in total. The molecule has 5 heteroatoms. The Labute approximate surface area is 154 Å². The molecule has 1 aromatic rings. The highest BCUT2D eigenvalue weighted by molar-refractivity contribution is 5.68. The molecule has 0 radical (unpaired) electrons. The van der Waals surface area contributed by atoms with Gasteiger partial charge in [0.2, 0.25) is 6.29 Å². The number of carbonyl (C=O) groups is 1. The average molecular weight is 358 g/mol. The Hall–Kier alpha value is -2.27. The van der Waals surface area contributed by atoms with Crippen molar-refractivity contribution in [3.05, 3.63) is 41.5 Å². The van der Waals surface area contributed by atoms with Gasteiger partial charge in [-0.1, -0.05) is 19.9 Å². The average Bonchev–Trinajstić information content (AvgIpc) is 2.94. The van der Waals surface area contributed by atoms with E-state index in [1.165, 1.54) is 6.92 Å². The van der Waals surface area contributed by atoms with Crippen molar-refractivity contribution in [2.24, 2.45) is 5.41 Å². The SMILES string of the molecule is C=CC(C)(C)C1=Cc2cc3c(cc2OC1O)OC(C(C)(C)OC(C)=O)C3. The summed E-state index contributed by atoms with van der Waals surface area (Å²) >= 11 is 0. The Bertz CT molecular complexity index is 788. The molecule has 5 nitrogen and oxygen atoms in total. The van der Waals surface area contributed by atoms with Crippen LogP contribution in [0.2, 0.25) is 0 Å². The van der Waals surface area contributed by atoms with Gasteiger partial charge >= 0.3 is 5.97 Å². The highest BCUT2D eigenvalue weighted by Gasteiger charge is 2.40. The number of benzene rings is 1. The second-order valence-corrected chi connectivity index (χ2v) is 8.00. The fourth-order valence-corrected chi connectivity index (χ4v) is 3.37. The molecule has 0 amide bonds. The second kappa shape index (κ2) is 6.16. The summed E-state index contributed by atoms with van der Waals surface area (Å²) in [7, 11) is 0. The Morgan fingerprint density at radius 1 is 1.27 bits per heavy atom. The lowest BCUT2D eigenvalue weighted by Crippen LogP contribution is -2.43. The van der Waals surface area contributed by atoms with Crippen molar-refractivity contribution in [3.63, 3.8) is 0 Å². The maximum Gasteiger partial charge on any atom is 0.303 e. The van der Waals surface area contributed by atoms with Gasteiger partial charge in [-0.25, -0.2) is 0 Å². The molecule has 0 saturated carbocycles. The van der Waals surface area contributed by atoms with Crippen LogP contribution >= 0.6 is 0 Å². The van der Waals surface area contributed by atoms with Crippen molar-refractivity contribution < 1.29 is 24.1 Å². The summed E-state index contributed by atoms with van der Waals surface area (Å²) in [6.07, 6.45) is 3.09. The number of allylic oxidation sites excluding steroid dienone is 1. The molecule has 0 aromatic heterocycles. The van der Waals surface area contributed by atoms with Crippen molar-refractivity contribution in [2.45, 2.75) is 59.0 Å². The van der Waals surface area contributed by atoms with E-state index < -0.39 is 11.9 Å². The van der Waals surface area contributed by atoms with E-state index in [1.54, 1.807) is 12.1 Å². The smallest absolute Gasteiger partial charge is 0.303 e. The quantitative estimate of drug-likeness (QED) is 0.658. The Balaban J connectivity index is 1.93. The molecule has 2 aliphatic rings. The molecule has 0 fully saturated rings. The van der Waals surface area contributed by atoms with Gasteiger partial charge in [-0.2, -0.15) is 0 Å². The summed E-state index contributed by atoms with van der Waals surface area (Å²) in [6.45, 7) is 12.9. The van der Waals surface area contributed by atoms with E-state index in [-0.39, 0.29) is 17.5 Å². The molecule has 0 aliphatic carbocycles. The van der Waals surface area contributed by atoms with Crippen LogP contribution in [0.1, 0.15) is 45.7 Å². The van der Waals surface area contributed by atoms with Crippen molar-refractivity contribution in [1.82, 2.24) is 0 Å². The second-order valence-electron chi connectivity index (χ2n) is 8.00. The van der Waals surface area contributed by atoms with Crippen molar-refractivity contribution in [1.29, 1.82) is 0 Å². The van der Waals surface area contributed by atoms with Crippen LogP contribution in [-0.2, 0) is 16.0 Å². The summed E-state index contributed by atoms with van der Waals surface area (Å²) in [6, 6.07) is 3.81. The van der Waals surface area contributed by atoms with Gasteiger partial charge in [0.05, 0.1) is 0 Å². The minimum absolute atomic E-state index is 0.275. The zero-order chi connectivity index (χ0) is 19.3. The molecule has 2 atom stereocenters. The van der Waals surface area contributed by atoms with Gasteiger partial charge < -0.3 is 19.3 Å². The summed E-state index contributed by atoms with van der Waals surface area (Å²) in [4.78, 5) is 11.4. The van der Waals surface area contributed by atoms with Gasteiger partial charge in [0.25, 0.3) is 0 Å². The first-order chi connectivity index (χ1) is 12.0. The summed E-state index contributed by atoms with van der Waals surface area (Å²) in [5, 5.41) is 10.4. The van der Waals surface area contributed by atoms with Gasteiger partial charge in [-0.05, 0) is 31.6 Å². The molecule has 0 saturated heterocycles. The van der Waals surface area contributed by atoms with E-state index in [1.807, 2.05) is 39.8 Å². The number of aliphatic hydroxyl groups excluding tert-OH is 1. The van der Waals surface area contributed by atoms with Gasteiger partial charge in [-0.15, -0.1) is 6.58 Å². The number of fused-ring (bicyclic) bond motifs is 2. The fraction of sp³-hybridized carbons (Fsp3) is 0.476. The Kier molecular flexibility index (Phi) is 4.39. The van der Waals surface area contributed by atoms with E-state index >= 15 is 0 Å². The lowest BCUT2D eigenvalue weighted by atomic mass is 9.81. The molecule has 1 aromatic carbocycles. The summed E-state index contributed by atoms with van der Waals surface area (Å²) in [5.74, 6) is 0.936. The van der Waals surface area contributed by atoms with Crippen LogP contribution in [0.4, 0.5) is 0 Å². The van der Waals surface area contributed by atoms with Gasteiger partial charge in [0.15, 0.2) is 0 Å². The van der Waals surface area contributed by atoms with Gasteiger partial charge in [0, 0.05) is 36.0 Å². The van der Waals surface area contributed by atoms with Crippen LogP contribution in [-0.4, -0.2) is 29.1 Å². The molecule has 140 valence electrons. The number of aliphatic hydroxyl groups is 1. The van der Waals surface area contributed by atoms with Gasteiger partial charge in [0.1, 0.15) is 23.2 Å². The molecule has 26 heavy (non-hydrogen) atoms. The largest absolute Gasteiger partial charge is 0.485 e. The third-order valence-electron chi connectivity index (χ3n) is 5.12. The zero-order valence-electron chi connectivity index (χ0n) is 16.0. The van der Waals surface area contributed by atoms with E-state index in [0.29, 0.717) is 17.9 Å². The Morgan fingerprint density at radius 3 is 2.58 bits per heavy atom. The van der Waals surface area contributed by atoms with Crippen LogP contribution in [0.3, 0.4) is 0 Å². The maximum atomic E-state index is 11.4. The Morgan fingerprint density at radius 2 is 1.96 bits per heavy atom. The topological polar surface area (TPSA) is 65.0 Å². The maximum absolute atomic E-state index is 11.4. The van der Waals surface area contributed by atoms with Crippen LogP contribution in [0.25, 0.3) is 6.08 Å². The first-order valence-electron chi connectivity index (χ1n) is 8.77. The third-order valence-corrected chi connectivity index (χ3v) is 5.12. The molecule has 3 rings (SSSR count). The van der Waals surface area contributed by atoms with Crippen molar-refractivity contribution in [3.8, 4) is 11.5 Å². The predicted molar refractivity (Wildman–Crippen MR) is 99.0 cm³/mol. The summed E-state index contributed by atoms with van der Waals surface area (Å²) < 4.78 is 17.1. The zero-order valence-corrected chi connectivity index (χ0v) is 16.0. The molecular weight excluding hydrogens is 332 g/mol. The number of ether oxygens (including phenoxy) is 3. The van der Waals surface area contributed by atoms with E-state index in [2.05, 4.69) is 6.58 Å². The summed E-state index contributed by atoms with van der Waals surface area (Å²) in [5.41, 5.74) is 1.56. The van der Waals surface area contributed by atoms with Crippen LogP contribution in [0, 0.1) is 5.41 Å². The minimum Gasteiger partial charge on any atom is -0.485 e. The predicted octanol–water partition coefficient (Wildman–Crippen LogP) is 3.64. The minimum atomic E-state index is -1.02. The number of hydrogen-bond acceptors (Lipinski definition) is 5. The number of carbonyl (C=O) groups excluding carboxylic acids is 1. The third kappa shape index (κ3) is 3.23. The molecule has 0 spiro atoms. The van der Waals surface area contributed by atoms with Crippen LogP contribution in [0.15, 0.2) is 30.4 Å². The monoisotopic (exact) mass is 358 g/mol. The van der Waals surface area contributed by atoms with E-state index in [0.717, 1.165) is 16.7 Å². The molecular formula is C21H26O5. The number of esters is 1. The lowest BCUT2D eigenvalue weighted by Gasteiger charge is -2.32. The molecule has 2 aliphatic heterocycles. The highest BCUT2D eigenvalue weighted by atomic mass is 16.6. The van der Waals surface area contributed by atoms with Crippen molar-refractivity contribution >= 4 is 12.0 Å². The fourth-order valence-electron chi connectivity index (χ4n) is 3.37. The van der Waals surface area contributed by atoms with E-state index in [9.17, 15) is 9.90 Å². The van der Waals surface area contributed by atoms with Crippen LogP contribution < -0.4 is 9.47 Å². The number of rotatable bonds is 4. The lowest BCUT2D eigenvalue weighted by molar-refractivity contribution is -0.161.